The van der Waals surface area contributed by atoms with Crippen LogP contribution in [0.2, 0.25) is 0 Å². The number of methoxy groups -OCH3 is 1. The van der Waals surface area contributed by atoms with Crippen molar-refractivity contribution in [1.29, 1.82) is 0 Å². The van der Waals surface area contributed by atoms with Gasteiger partial charge in [-0.05, 0) is 66.9 Å². The molecule has 1 aromatic carbocycles. The number of carbonyl (C=O) groups is 1. The van der Waals surface area contributed by atoms with Gasteiger partial charge in [-0.15, -0.1) is 0 Å². The largest absolute Gasteiger partial charge is 0.496 e. The number of fused-ring (bicyclic) bond motifs is 5. The van der Waals surface area contributed by atoms with Crippen LogP contribution in [-0.2, 0) is 16.6 Å². The molecule has 5 atom stereocenters. The summed E-state index contributed by atoms with van der Waals surface area (Å²) in [6.45, 7) is 7.89. The van der Waals surface area contributed by atoms with Gasteiger partial charge in [-0.3, -0.25) is 4.79 Å². The molecule has 0 aliphatic heterocycles. The lowest BCUT2D eigenvalue weighted by atomic mass is 9.43. The minimum Gasteiger partial charge on any atom is -0.496 e. The molecular formula is C23H32O4. The second kappa shape index (κ2) is 6.23. The normalized spacial score (nSPS) is 39.9. The first-order valence-corrected chi connectivity index (χ1v) is 10.3. The van der Waals surface area contributed by atoms with Crippen molar-refractivity contribution in [3.05, 3.63) is 23.3 Å². The Morgan fingerprint density at radius 3 is 2.56 bits per heavy atom. The molecule has 1 aromatic rings. The molecule has 0 unspecified atom stereocenters. The van der Waals surface area contributed by atoms with E-state index in [0.717, 1.165) is 31.4 Å². The number of aliphatic hydroxyl groups excluding tert-OH is 1. The van der Waals surface area contributed by atoms with Crippen molar-refractivity contribution in [1.82, 2.24) is 0 Å². The van der Waals surface area contributed by atoms with Crippen LogP contribution >= 0.6 is 0 Å². The van der Waals surface area contributed by atoms with Gasteiger partial charge in [0.05, 0.1) is 7.11 Å². The van der Waals surface area contributed by atoms with Gasteiger partial charge in [0.1, 0.15) is 11.5 Å². The lowest BCUT2D eigenvalue weighted by Gasteiger charge is -2.61. The highest BCUT2D eigenvalue weighted by Gasteiger charge is 2.62. The zero-order valence-electron chi connectivity index (χ0n) is 17.0. The second-order valence-electron chi connectivity index (χ2n) is 9.77. The Bertz CT molecular complexity index is 759. The van der Waals surface area contributed by atoms with Gasteiger partial charge in [0.15, 0.2) is 0 Å². The monoisotopic (exact) mass is 372 g/mol. The molecule has 0 saturated heterocycles. The zero-order chi connectivity index (χ0) is 19.4. The average molecular weight is 373 g/mol. The number of carbonyl (C=O) groups excluding carboxylic acids is 1. The maximum atomic E-state index is 11.1. The Hall–Kier alpha value is -1.55. The predicted molar refractivity (Wildman–Crippen MR) is 104 cm³/mol. The first-order chi connectivity index (χ1) is 12.8. The van der Waals surface area contributed by atoms with E-state index < -0.39 is 0 Å². The first kappa shape index (κ1) is 18.8. The Balaban J connectivity index is 1.85. The Morgan fingerprint density at radius 1 is 1.15 bits per heavy atom. The fraction of sp³-hybridized carbons (Fsp3) is 0.696. The fourth-order valence-corrected chi connectivity index (χ4v) is 7.39. The summed E-state index contributed by atoms with van der Waals surface area (Å²) in [5.74, 6) is 2.58. The van der Waals surface area contributed by atoms with E-state index in [4.69, 9.17) is 9.47 Å². The summed E-state index contributed by atoms with van der Waals surface area (Å²) in [6, 6.07) is 3.81. The third kappa shape index (κ3) is 2.41. The number of hydrogen-bond acceptors (Lipinski definition) is 4. The highest BCUT2D eigenvalue weighted by molar-refractivity contribution is 5.60. The summed E-state index contributed by atoms with van der Waals surface area (Å²) in [4.78, 5) is 11.1. The summed E-state index contributed by atoms with van der Waals surface area (Å²) in [5.41, 5.74) is 2.54. The van der Waals surface area contributed by atoms with Crippen LogP contribution in [0, 0.1) is 22.7 Å². The average Bonchev–Trinajstić information content (AvgIpc) is 2.97. The van der Waals surface area contributed by atoms with E-state index in [2.05, 4.69) is 20.8 Å². The fourth-order valence-electron chi connectivity index (χ4n) is 7.39. The van der Waals surface area contributed by atoms with E-state index in [9.17, 15) is 9.90 Å². The summed E-state index contributed by atoms with van der Waals surface area (Å²) >= 11 is 0. The molecule has 3 aliphatic carbocycles. The molecule has 1 N–H and O–H groups in total. The Morgan fingerprint density at radius 2 is 1.89 bits per heavy atom. The molecule has 4 nitrogen and oxygen atoms in total. The van der Waals surface area contributed by atoms with Crippen LogP contribution in [0.15, 0.2) is 12.1 Å². The first-order valence-electron chi connectivity index (χ1n) is 10.3. The number of benzene rings is 1. The van der Waals surface area contributed by atoms with Crippen molar-refractivity contribution in [3.63, 3.8) is 0 Å². The number of hydrogen-bond donors (Lipinski definition) is 1. The van der Waals surface area contributed by atoms with E-state index in [1.54, 1.807) is 7.11 Å². The SMILES string of the molecule is COc1ccc(OC=O)c2c1C[C@@H]1[C@@]3(C)CCC[C@@](C)(CO)[C@@H]3CC[C@]21C. The third-order valence-electron chi connectivity index (χ3n) is 8.59. The van der Waals surface area contributed by atoms with Gasteiger partial charge >= 0.3 is 0 Å². The van der Waals surface area contributed by atoms with E-state index in [1.807, 2.05) is 12.1 Å². The quantitative estimate of drug-likeness (QED) is 0.803. The molecule has 0 spiro atoms. The molecule has 4 heteroatoms. The molecule has 4 rings (SSSR count). The van der Waals surface area contributed by atoms with Gasteiger partial charge in [0, 0.05) is 23.1 Å². The standard InChI is InChI=1S/C23H32O4/c1-21(13-24)9-5-10-22(2)18(21)8-11-23(3)19(22)12-15-16(26-4)6-7-17(20(15)23)27-14-25/h6-7,14,18-19,24H,5,8-13H2,1-4H3/t18-,19+,21-,22-,23-/m0/s1. The lowest BCUT2D eigenvalue weighted by Crippen LogP contribution is -2.56. The molecule has 2 fully saturated rings. The molecule has 2 saturated carbocycles. The summed E-state index contributed by atoms with van der Waals surface area (Å²) < 4.78 is 11.1. The van der Waals surface area contributed by atoms with Crippen molar-refractivity contribution < 1.29 is 19.4 Å². The van der Waals surface area contributed by atoms with E-state index >= 15 is 0 Å². The molecule has 148 valence electrons. The van der Waals surface area contributed by atoms with Crippen molar-refractivity contribution in [3.8, 4) is 11.5 Å². The maximum Gasteiger partial charge on any atom is 0.298 e. The van der Waals surface area contributed by atoms with Gasteiger partial charge in [-0.2, -0.15) is 0 Å². The zero-order valence-corrected chi connectivity index (χ0v) is 17.0. The van der Waals surface area contributed by atoms with Crippen LogP contribution in [0.1, 0.15) is 64.0 Å². The Kier molecular flexibility index (Phi) is 4.34. The van der Waals surface area contributed by atoms with E-state index in [0.29, 0.717) is 24.1 Å². The minimum absolute atomic E-state index is 0.00924. The van der Waals surface area contributed by atoms with E-state index in [-0.39, 0.29) is 22.9 Å². The molecule has 0 aromatic heterocycles. The predicted octanol–water partition coefficient (Wildman–Crippen LogP) is 4.26. The van der Waals surface area contributed by atoms with Gasteiger partial charge < -0.3 is 14.6 Å². The molecule has 27 heavy (non-hydrogen) atoms. The van der Waals surface area contributed by atoms with Crippen LogP contribution in [0.25, 0.3) is 0 Å². The van der Waals surface area contributed by atoms with Gasteiger partial charge in [-0.1, -0.05) is 27.2 Å². The van der Waals surface area contributed by atoms with Gasteiger partial charge in [-0.25, -0.2) is 0 Å². The summed E-state index contributed by atoms with van der Waals surface area (Å²) in [6.07, 6.45) is 6.61. The van der Waals surface area contributed by atoms with Crippen LogP contribution in [0.5, 0.6) is 11.5 Å². The Labute approximate surface area is 162 Å². The number of ether oxygens (including phenoxy) is 2. The highest BCUT2D eigenvalue weighted by atomic mass is 16.5. The number of rotatable bonds is 4. The summed E-state index contributed by atoms with van der Waals surface area (Å²) in [7, 11) is 1.72. The summed E-state index contributed by atoms with van der Waals surface area (Å²) in [5, 5.41) is 10.2. The molecular weight excluding hydrogens is 340 g/mol. The van der Waals surface area contributed by atoms with E-state index in [1.165, 1.54) is 24.0 Å². The topological polar surface area (TPSA) is 55.8 Å². The highest BCUT2D eigenvalue weighted by Crippen LogP contribution is 2.69. The van der Waals surface area contributed by atoms with Crippen LogP contribution in [0.4, 0.5) is 0 Å². The maximum absolute atomic E-state index is 11.1. The smallest absolute Gasteiger partial charge is 0.298 e. The van der Waals surface area contributed by atoms with Crippen LogP contribution in [0.3, 0.4) is 0 Å². The molecule has 0 heterocycles. The minimum atomic E-state index is -0.0266. The molecule has 0 bridgehead atoms. The van der Waals surface area contributed by atoms with Crippen molar-refractivity contribution >= 4 is 6.47 Å². The van der Waals surface area contributed by atoms with Crippen molar-refractivity contribution in [2.45, 2.75) is 64.7 Å². The lowest BCUT2D eigenvalue weighted by molar-refractivity contribution is -0.123. The van der Waals surface area contributed by atoms with Crippen LogP contribution in [-0.4, -0.2) is 25.3 Å². The van der Waals surface area contributed by atoms with Gasteiger partial charge in [0.25, 0.3) is 6.47 Å². The molecule has 0 amide bonds. The molecule has 3 aliphatic rings. The molecule has 0 radical (unpaired) electrons. The number of aliphatic hydroxyl groups is 1. The second-order valence-corrected chi connectivity index (χ2v) is 9.77. The van der Waals surface area contributed by atoms with Crippen molar-refractivity contribution in [2.75, 3.05) is 13.7 Å². The third-order valence-corrected chi connectivity index (χ3v) is 8.59. The van der Waals surface area contributed by atoms with Crippen LogP contribution < -0.4 is 9.47 Å². The van der Waals surface area contributed by atoms with Gasteiger partial charge in [0.2, 0.25) is 0 Å². The van der Waals surface area contributed by atoms with Crippen molar-refractivity contribution in [2.24, 2.45) is 22.7 Å².